The summed E-state index contributed by atoms with van der Waals surface area (Å²) in [6.45, 7) is 2.13. The van der Waals surface area contributed by atoms with Gasteiger partial charge in [0.25, 0.3) is 5.95 Å². The van der Waals surface area contributed by atoms with E-state index >= 15 is 0 Å². The molecule has 0 unspecified atom stereocenters. The first-order chi connectivity index (χ1) is 12.2. The van der Waals surface area contributed by atoms with Crippen LogP contribution in [0.2, 0.25) is 0 Å². The van der Waals surface area contributed by atoms with Gasteiger partial charge in [0.2, 0.25) is 0 Å². The van der Waals surface area contributed by atoms with Crippen LogP contribution in [0.4, 0.5) is 5.95 Å². The molecule has 0 aliphatic heterocycles. The summed E-state index contributed by atoms with van der Waals surface area (Å²) in [4.78, 5) is 7.67. The van der Waals surface area contributed by atoms with Crippen molar-refractivity contribution < 1.29 is 0 Å². The van der Waals surface area contributed by atoms with Crippen molar-refractivity contribution in [3.8, 4) is 0 Å². The maximum absolute atomic E-state index is 4.43. The number of benzene rings is 2. The van der Waals surface area contributed by atoms with Crippen LogP contribution >= 0.6 is 15.9 Å². The molecule has 0 spiro atoms. The Hall–Kier alpha value is -2.80. The van der Waals surface area contributed by atoms with Gasteiger partial charge in [0.15, 0.2) is 5.65 Å². The van der Waals surface area contributed by atoms with E-state index in [9.17, 15) is 0 Å². The van der Waals surface area contributed by atoms with Gasteiger partial charge in [-0.3, -0.25) is 0 Å². The fourth-order valence-electron chi connectivity index (χ4n) is 2.59. The molecule has 0 aliphatic carbocycles. The van der Waals surface area contributed by atoms with Crippen LogP contribution in [0.15, 0.2) is 52.0 Å². The summed E-state index contributed by atoms with van der Waals surface area (Å²) in [5.74, 6) is 0.347. The van der Waals surface area contributed by atoms with E-state index in [1.165, 1.54) is 5.56 Å². The predicted molar refractivity (Wildman–Crippen MR) is 104 cm³/mol. The lowest BCUT2D eigenvalue weighted by Gasteiger charge is -1.98. The Morgan fingerprint density at radius 1 is 1.16 bits per heavy atom. The minimum atomic E-state index is 0.347. The number of aromatic nitrogens is 4. The standard InChI is InChI=1S/C18H15BrN6/c1-2-11-3-5-12(6-4-11)10-20-24-18-22-17-16(23-25-18)14-9-13(19)7-8-15(14)21-17/h3-10H,2H2,1H3,(H2,21,22,24,25)/b20-10-. The van der Waals surface area contributed by atoms with Gasteiger partial charge in [0, 0.05) is 15.4 Å². The monoisotopic (exact) mass is 394 g/mol. The summed E-state index contributed by atoms with van der Waals surface area (Å²) in [6, 6.07) is 14.2. The first-order valence-electron chi connectivity index (χ1n) is 7.92. The van der Waals surface area contributed by atoms with E-state index in [1.54, 1.807) is 6.21 Å². The summed E-state index contributed by atoms with van der Waals surface area (Å²) in [5, 5.41) is 13.5. The van der Waals surface area contributed by atoms with Crippen LogP contribution in [0.3, 0.4) is 0 Å². The molecule has 124 valence electrons. The third-order valence-electron chi connectivity index (χ3n) is 3.94. The van der Waals surface area contributed by atoms with Crippen LogP contribution in [0.5, 0.6) is 0 Å². The molecular weight excluding hydrogens is 380 g/mol. The Morgan fingerprint density at radius 3 is 2.80 bits per heavy atom. The van der Waals surface area contributed by atoms with Gasteiger partial charge in [0.1, 0.15) is 5.52 Å². The first kappa shape index (κ1) is 15.7. The highest BCUT2D eigenvalue weighted by Crippen LogP contribution is 2.25. The van der Waals surface area contributed by atoms with E-state index in [2.05, 4.69) is 65.7 Å². The number of nitrogens with zero attached hydrogens (tertiary/aromatic N) is 4. The molecule has 0 saturated carbocycles. The fraction of sp³-hybridized carbons (Fsp3) is 0.111. The minimum Gasteiger partial charge on any atom is -0.338 e. The molecule has 0 bridgehead atoms. The van der Waals surface area contributed by atoms with Crippen LogP contribution in [0.25, 0.3) is 22.1 Å². The number of halogens is 1. The van der Waals surface area contributed by atoms with Crippen molar-refractivity contribution in [2.75, 3.05) is 5.43 Å². The second kappa shape index (κ2) is 6.60. The number of H-pyrrole nitrogens is 1. The van der Waals surface area contributed by atoms with E-state index in [4.69, 9.17) is 0 Å². The molecule has 2 aromatic carbocycles. The Kier molecular flexibility index (Phi) is 4.15. The second-order valence-corrected chi connectivity index (χ2v) is 6.53. The Labute approximate surface area is 152 Å². The third kappa shape index (κ3) is 3.23. The highest BCUT2D eigenvalue weighted by molar-refractivity contribution is 9.10. The SMILES string of the molecule is CCc1ccc(/C=N\Nc2nnc3c(n2)[nH]c2ccc(Br)cc23)cc1. The fourth-order valence-corrected chi connectivity index (χ4v) is 2.96. The summed E-state index contributed by atoms with van der Waals surface area (Å²) < 4.78 is 0.989. The predicted octanol–water partition coefficient (Wildman–Crippen LogP) is 4.28. The van der Waals surface area contributed by atoms with Gasteiger partial charge in [0.05, 0.1) is 6.21 Å². The number of hydrazone groups is 1. The first-order valence-corrected chi connectivity index (χ1v) is 8.72. The molecule has 2 heterocycles. The molecule has 4 aromatic rings. The van der Waals surface area contributed by atoms with Crippen molar-refractivity contribution >= 4 is 50.2 Å². The van der Waals surface area contributed by atoms with E-state index in [-0.39, 0.29) is 0 Å². The lowest BCUT2D eigenvalue weighted by Crippen LogP contribution is -1.99. The van der Waals surface area contributed by atoms with E-state index in [0.29, 0.717) is 11.6 Å². The van der Waals surface area contributed by atoms with Crippen molar-refractivity contribution in [3.63, 3.8) is 0 Å². The number of rotatable bonds is 4. The number of aryl methyl sites for hydroxylation is 1. The van der Waals surface area contributed by atoms with Crippen LogP contribution in [0.1, 0.15) is 18.1 Å². The molecule has 2 N–H and O–H groups in total. The molecule has 0 saturated heterocycles. The summed E-state index contributed by atoms with van der Waals surface area (Å²) in [6.07, 6.45) is 2.76. The van der Waals surface area contributed by atoms with Gasteiger partial charge in [-0.25, -0.2) is 5.43 Å². The van der Waals surface area contributed by atoms with Crippen LogP contribution < -0.4 is 5.43 Å². The normalized spacial score (nSPS) is 11.6. The third-order valence-corrected chi connectivity index (χ3v) is 4.44. The summed E-state index contributed by atoms with van der Waals surface area (Å²) in [7, 11) is 0. The smallest absolute Gasteiger partial charge is 0.265 e. The van der Waals surface area contributed by atoms with E-state index in [1.807, 2.05) is 30.3 Å². The van der Waals surface area contributed by atoms with Gasteiger partial charge in [-0.15, -0.1) is 10.2 Å². The Balaban J connectivity index is 1.57. The molecule has 0 aliphatic rings. The Morgan fingerprint density at radius 2 is 2.00 bits per heavy atom. The summed E-state index contributed by atoms with van der Waals surface area (Å²) in [5.41, 5.74) is 7.51. The average Bonchev–Trinajstić information content (AvgIpc) is 2.99. The zero-order valence-corrected chi connectivity index (χ0v) is 15.1. The lowest BCUT2D eigenvalue weighted by molar-refractivity contribution is 1.01. The molecule has 0 atom stereocenters. The molecule has 2 aromatic heterocycles. The van der Waals surface area contributed by atoms with Gasteiger partial charge < -0.3 is 4.98 Å². The number of aromatic amines is 1. The Bertz CT molecular complexity index is 1070. The van der Waals surface area contributed by atoms with Crippen molar-refractivity contribution in [2.24, 2.45) is 5.10 Å². The molecule has 7 heteroatoms. The number of hydrogen-bond acceptors (Lipinski definition) is 5. The average molecular weight is 395 g/mol. The molecule has 0 amide bonds. The number of fused-ring (bicyclic) bond motifs is 3. The lowest BCUT2D eigenvalue weighted by atomic mass is 10.1. The molecule has 0 fully saturated rings. The minimum absolute atomic E-state index is 0.347. The number of anilines is 1. The zero-order valence-electron chi connectivity index (χ0n) is 13.5. The highest BCUT2D eigenvalue weighted by Gasteiger charge is 2.09. The largest absolute Gasteiger partial charge is 0.338 e. The maximum Gasteiger partial charge on any atom is 0.265 e. The second-order valence-electron chi connectivity index (χ2n) is 5.61. The van der Waals surface area contributed by atoms with E-state index < -0.39 is 0 Å². The maximum atomic E-state index is 4.43. The molecule has 6 nitrogen and oxygen atoms in total. The van der Waals surface area contributed by atoms with Crippen molar-refractivity contribution in [3.05, 3.63) is 58.1 Å². The molecule has 0 radical (unpaired) electrons. The molecule has 25 heavy (non-hydrogen) atoms. The van der Waals surface area contributed by atoms with Crippen LogP contribution in [0, 0.1) is 0 Å². The van der Waals surface area contributed by atoms with Crippen molar-refractivity contribution in [2.45, 2.75) is 13.3 Å². The van der Waals surface area contributed by atoms with Crippen LogP contribution in [-0.2, 0) is 6.42 Å². The topological polar surface area (TPSA) is 78.8 Å². The highest BCUT2D eigenvalue weighted by atomic mass is 79.9. The molecule has 4 rings (SSSR count). The number of nitrogens with one attached hydrogen (secondary N) is 2. The van der Waals surface area contributed by atoms with Crippen molar-refractivity contribution in [1.82, 2.24) is 20.2 Å². The zero-order chi connectivity index (χ0) is 17.2. The summed E-state index contributed by atoms with van der Waals surface area (Å²) >= 11 is 3.47. The van der Waals surface area contributed by atoms with Gasteiger partial charge in [-0.2, -0.15) is 10.1 Å². The molecular formula is C18H15BrN6. The van der Waals surface area contributed by atoms with E-state index in [0.717, 1.165) is 32.9 Å². The quantitative estimate of drug-likeness (QED) is 0.399. The number of hydrogen-bond donors (Lipinski definition) is 2. The van der Waals surface area contributed by atoms with Crippen LogP contribution in [-0.4, -0.2) is 26.4 Å². The van der Waals surface area contributed by atoms with Crippen molar-refractivity contribution in [1.29, 1.82) is 0 Å². The van der Waals surface area contributed by atoms with Gasteiger partial charge in [-0.1, -0.05) is 47.1 Å². The van der Waals surface area contributed by atoms with Gasteiger partial charge in [-0.05, 0) is 35.7 Å². The van der Waals surface area contributed by atoms with Gasteiger partial charge >= 0.3 is 0 Å².